The molecule has 2 rings (SSSR count). The van der Waals surface area contributed by atoms with Gasteiger partial charge >= 0.3 is 0 Å². The van der Waals surface area contributed by atoms with Crippen LogP contribution < -0.4 is 4.74 Å². The van der Waals surface area contributed by atoms with E-state index in [2.05, 4.69) is 20.9 Å². The molecule has 0 amide bonds. The molecule has 0 saturated heterocycles. The first-order chi connectivity index (χ1) is 7.79. The summed E-state index contributed by atoms with van der Waals surface area (Å²) in [4.78, 5) is 4.35. The van der Waals surface area contributed by atoms with Gasteiger partial charge in [0, 0.05) is 16.2 Å². The number of ether oxygens (including phenoxy) is 1. The number of benzene rings is 1. The molecule has 0 aliphatic carbocycles. The van der Waals surface area contributed by atoms with E-state index in [1.807, 2.05) is 43.3 Å². The highest BCUT2D eigenvalue weighted by Crippen LogP contribution is 2.23. The van der Waals surface area contributed by atoms with Gasteiger partial charge in [-0.2, -0.15) is 0 Å². The highest BCUT2D eigenvalue weighted by Gasteiger charge is 2.00. The van der Waals surface area contributed by atoms with E-state index in [9.17, 15) is 0 Å². The fourth-order valence-corrected chi connectivity index (χ4v) is 1.69. The lowest BCUT2D eigenvalue weighted by Crippen LogP contribution is -1.91. The minimum absolute atomic E-state index is 0.678. The average molecular weight is 278 g/mol. The van der Waals surface area contributed by atoms with Gasteiger partial charge in [0.25, 0.3) is 0 Å². The number of aromatic nitrogens is 1. The maximum Gasteiger partial charge on any atom is 0.119 e. The Balaban J connectivity index is 2.32. The van der Waals surface area contributed by atoms with Crippen molar-refractivity contribution in [3.63, 3.8) is 0 Å². The smallest absolute Gasteiger partial charge is 0.119 e. The summed E-state index contributed by atoms with van der Waals surface area (Å²) in [6.45, 7) is 2.65. The third kappa shape index (κ3) is 2.61. The summed E-state index contributed by atoms with van der Waals surface area (Å²) in [5.74, 6) is 0.879. The number of halogens is 1. The minimum Gasteiger partial charge on any atom is -0.494 e. The first kappa shape index (κ1) is 11.1. The quantitative estimate of drug-likeness (QED) is 0.849. The van der Waals surface area contributed by atoms with Crippen LogP contribution >= 0.6 is 15.9 Å². The molecule has 0 bridgehead atoms. The monoisotopic (exact) mass is 277 g/mol. The van der Waals surface area contributed by atoms with Crippen LogP contribution in [-0.4, -0.2) is 11.6 Å². The maximum absolute atomic E-state index is 5.45. The van der Waals surface area contributed by atoms with Gasteiger partial charge in [-0.3, -0.25) is 4.98 Å². The molecule has 0 saturated carbocycles. The summed E-state index contributed by atoms with van der Waals surface area (Å²) in [5, 5.41) is 0. The minimum atomic E-state index is 0.678. The second kappa shape index (κ2) is 5.12. The Bertz CT molecular complexity index is 468. The Morgan fingerprint density at radius 2 is 2.12 bits per heavy atom. The third-order valence-corrected chi connectivity index (χ3v) is 2.64. The number of rotatable bonds is 3. The Morgan fingerprint density at radius 3 is 2.81 bits per heavy atom. The van der Waals surface area contributed by atoms with Crippen molar-refractivity contribution in [1.82, 2.24) is 4.98 Å². The van der Waals surface area contributed by atoms with Crippen LogP contribution in [0.2, 0.25) is 0 Å². The molecule has 0 aliphatic rings. The zero-order chi connectivity index (χ0) is 11.4. The molecule has 0 radical (unpaired) electrons. The molecule has 16 heavy (non-hydrogen) atoms. The molecule has 0 fully saturated rings. The van der Waals surface area contributed by atoms with E-state index >= 15 is 0 Å². The van der Waals surface area contributed by atoms with E-state index in [4.69, 9.17) is 4.74 Å². The maximum atomic E-state index is 5.45. The molecule has 0 aliphatic heterocycles. The first-order valence-corrected chi connectivity index (χ1v) is 5.93. The van der Waals surface area contributed by atoms with Crippen LogP contribution in [0.25, 0.3) is 11.3 Å². The van der Waals surface area contributed by atoms with Crippen LogP contribution in [-0.2, 0) is 0 Å². The van der Waals surface area contributed by atoms with Crippen LogP contribution in [0.4, 0.5) is 0 Å². The molecular weight excluding hydrogens is 266 g/mol. The van der Waals surface area contributed by atoms with Gasteiger partial charge in [0.1, 0.15) is 5.75 Å². The molecule has 0 N–H and O–H groups in total. The summed E-state index contributed by atoms with van der Waals surface area (Å²) in [6.07, 6.45) is 1.79. The first-order valence-electron chi connectivity index (χ1n) is 5.14. The Morgan fingerprint density at radius 1 is 1.25 bits per heavy atom. The SMILES string of the molecule is CCOc1cccc(-c2ccc(Br)cn2)c1. The molecule has 0 atom stereocenters. The largest absolute Gasteiger partial charge is 0.494 e. The van der Waals surface area contributed by atoms with Crippen LogP contribution in [0.5, 0.6) is 5.75 Å². The van der Waals surface area contributed by atoms with E-state index in [1.165, 1.54) is 0 Å². The summed E-state index contributed by atoms with van der Waals surface area (Å²) in [6, 6.07) is 11.9. The van der Waals surface area contributed by atoms with Gasteiger partial charge in [-0.15, -0.1) is 0 Å². The summed E-state index contributed by atoms with van der Waals surface area (Å²) < 4.78 is 6.44. The van der Waals surface area contributed by atoms with Crippen molar-refractivity contribution in [3.8, 4) is 17.0 Å². The lowest BCUT2D eigenvalue weighted by molar-refractivity contribution is 0.340. The third-order valence-electron chi connectivity index (χ3n) is 2.17. The molecule has 1 aromatic heterocycles. The fourth-order valence-electron chi connectivity index (χ4n) is 1.46. The van der Waals surface area contributed by atoms with Gasteiger partial charge < -0.3 is 4.74 Å². The zero-order valence-corrected chi connectivity index (χ0v) is 10.6. The Hall–Kier alpha value is -1.35. The Kier molecular flexibility index (Phi) is 3.57. The molecule has 2 nitrogen and oxygen atoms in total. The summed E-state index contributed by atoms with van der Waals surface area (Å²) in [7, 11) is 0. The van der Waals surface area contributed by atoms with Crippen LogP contribution in [0.15, 0.2) is 47.1 Å². The molecule has 1 heterocycles. The molecule has 1 aromatic carbocycles. The van der Waals surface area contributed by atoms with E-state index in [-0.39, 0.29) is 0 Å². The van der Waals surface area contributed by atoms with E-state index in [0.29, 0.717) is 6.61 Å². The lowest BCUT2D eigenvalue weighted by atomic mass is 10.1. The second-order valence-corrected chi connectivity index (χ2v) is 4.24. The van der Waals surface area contributed by atoms with Crippen molar-refractivity contribution in [3.05, 3.63) is 47.1 Å². The molecule has 2 aromatic rings. The van der Waals surface area contributed by atoms with Crippen molar-refractivity contribution in [2.75, 3.05) is 6.61 Å². The Labute approximate surface area is 103 Å². The highest BCUT2D eigenvalue weighted by atomic mass is 79.9. The zero-order valence-electron chi connectivity index (χ0n) is 8.98. The molecule has 0 unspecified atom stereocenters. The number of nitrogens with zero attached hydrogens (tertiary/aromatic N) is 1. The van der Waals surface area contributed by atoms with Gasteiger partial charge in [0.05, 0.1) is 12.3 Å². The highest BCUT2D eigenvalue weighted by molar-refractivity contribution is 9.10. The van der Waals surface area contributed by atoms with Crippen molar-refractivity contribution in [1.29, 1.82) is 0 Å². The number of hydrogen-bond donors (Lipinski definition) is 0. The topological polar surface area (TPSA) is 22.1 Å². The van der Waals surface area contributed by atoms with Gasteiger partial charge in [-0.05, 0) is 47.1 Å². The van der Waals surface area contributed by atoms with E-state index < -0.39 is 0 Å². The van der Waals surface area contributed by atoms with Gasteiger partial charge in [0.2, 0.25) is 0 Å². The van der Waals surface area contributed by atoms with Crippen molar-refractivity contribution < 1.29 is 4.74 Å². The predicted octanol–water partition coefficient (Wildman–Crippen LogP) is 3.91. The van der Waals surface area contributed by atoms with E-state index in [0.717, 1.165) is 21.5 Å². The fraction of sp³-hybridized carbons (Fsp3) is 0.154. The lowest BCUT2D eigenvalue weighted by Gasteiger charge is -2.05. The average Bonchev–Trinajstić information content (AvgIpc) is 2.31. The van der Waals surface area contributed by atoms with Gasteiger partial charge in [-0.25, -0.2) is 0 Å². The van der Waals surface area contributed by atoms with Crippen LogP contribution in [0, 0.1) is 0 Å². The van der Waals surface area contributed by atoms with Crippen molar-refractivity contribution >= 4 is 15.9 Å². The normalized spacial score (nSPS) is 10.1. The van der Waals surface area contributed by atoms with Crippen molar-refractivity contribution in [2.24, 2.45) is 0 Å². The molecule has 3 heteroatoms. The summed E-state index contributed by atoms with van der Waals surface area (Å²) >= 11 is 3.37. The van der Waals surface area contributed by atoms with Crippen LogP contribution in [0.1, 0.15) is 6.92 Å². The van der Waals surface area contributed by atoms with Crippen molar-refractivity contribution in [2.45, 2.75) is 6.92 Å². The number of hydrogen-bond acceptors (Lipinski definition) is 2. The number of pyridine rings is 1. The van der Waals surface area contributed by atoms with E-state index in [1.54, 1.807) is 6.20 Å². The van der Waals surface area contributed by atoms with Gasteiger partial charge in [-0.1, -0.05) is 12.1 Å². The second-order valence-electron chi connectivity index (χ2n) is 3.32. The van der Waals surface area contributed by atoms with Crippen LogP contribution in [0.3, 0.4) is 0 Å². The predicted molar refractivity (Wildman–Crippen MR) is 68.5 cm³/mol. The molecular formula is C13H12BrNO. The van der Waals surface area contributed by atoms with Gasteiger partial charge in [0.15, 0.2) is 0 Å². The standard InChI is InChI=1S/C13H12BrNO/c1-2-16-12-5-3-4-10(8-12)13-7-6-11(14)9-15-13/h3-9H,2H2,1H3. The summed E-state index contributed by atoms with van der Waals surface area (Å²) in [5.41, 5.74) is 2.02. The molecule has 82 valence electrons. The molecule has 0 spiro atoms.